The first kappa shape index (κ1) is 24.9. The van der Waals surface area contributed by atoms with Crippen LogP contribution in [-0.4, -0.2) is 58.2 Å². The van der Waals surface area contributed by atoms with Crippen LogP contribution >= 0.6 is 11.8 Å². The number of carbonyl (C=O) groups excluding carboxylic acids is 2. The minimum absolute atomic E-state index is 0.113. The third-order valence-corrected chi connectivity index (χ3v) is 9.09. The molecule has 4 aliphatic rings. The van der Waals surface area contributed by atoms with Crippen molar-refractivity contribution in [1.82, 2.24) is 25.1 Å². The maximum absolute atomic E-state index is 14.0. The number of anilines is 1. The Balaban J connectivity index is 1.32. The number of piperidine rings is 1. The maximum atomic E-state index is 14.0. The van der Waals surface area contributed by atoms with E-state index in [1.54, 1.807) is 6.20 Å². The number of hydrogen-bond donors (Lipinski definition) is 2. The molecule has 0 aliphatic carbocycles. The Morgan fingerprint density at radius 2 is 2.05 bits per heavy atom. The largest absolute Gasteiger partial charge is 0.369 e. The second kappa shape index (κ2) is 10.1. The standard InChI is InChI=1S/C28H33N7O2S/c1-17-14-21(30-15-18-8-6-7-12-33(18)2)32-26-23(17)25(36)24(27(37)31-16-22-29-11-13-34(22)3)28-35(26)19-9-4-5-10-20(19)38-28/h4-5,9-11,13-14,17-18,23,30H,6-8,12,15-16H2,1-3H3,(H,31,37). The summed E-state index contributed by atoms with van der Waals surface area (Å²) in [5, 5.41) is 7.12. The Hall–Kier alpha value is -3.37. The number of fused-ring (bicyclic) bond motifs is 5. The van der Waals surface area contributed by atoms with Crippen LogP contribution in [0.4, 0.5) is 5.69 Å². The normalized spacial score (nSPS) is 24.9. The Morgan fingerprint density at radius 3 is 2.84 bits per heavy atom. The van der Waals surface area contributed by atoms with Gasteiger partial charge in [0.1, 0.15) is 28.1 Å². The minimum atomic E-state index is -0.526. The molecule has 0 radical (unpaired) electrons. The number of likely N-dealkylation sites (tertiary alicyclic amines) is 1. The third-order valence-electron chi connectivity index (χ3n) is 7.94. The molecule has 9 nitrogen and oxygen atoms in total. The lowest BCUT2D eigenvalue weighted by Crippen LogP contribution is -2.50. The molecule has 10 heteroatoms. The van der Waals surface area contributed by atoms with Gasteiger partial charge in [-0.2, -0.15) is 0 Å². The summed E-state index contributed by atoms with van der Waals surface area (Å²) in [5.74, 6) is 1.02. The zero-order valence-electron chi connectivity index (χ0n) is 22.0. The summed E-state index contributed by atoms with van der Waals surface area (Å²) < 4.78 is 1.85. The zero-order valence-corrected chi connectivity index (χ0v) is 22.8. The molecule has 1 aromatic carbocycles. The van der Waals surface area contributed by atoms with Crippen molar-refractivity contribution in [2.45, 2.75) is 43.7 Å². The van der Waals surface area contributed by atoms with E-state index in [9.17, 15) is 9.59 Å². The van der Waals surface area contributed by atoms with Gasteiger partial charge in [0.05, 0.1) is 18.2 Å². The summed E-state index contributed by atoms with van der Waals surface area (Å²) in [5.41, 5.74) is 1.16. The number of Topliss-reactive ketones (excluding diaryl/α,β-unsaturated/α-hetero) is 1. The van der Waals surface area contributed by atoms with Gasteiger partial charge in [-0.3, -0.25) is 14.5 Å². The van der Waals surface area contributed by atoms with Crippen molar-refractivity contribution in [3.8, 4) is 0 Å². The van der Waals surface area contributed by atoms with E-state index in [0.717, 1.165) is 35.3 Å². The molecule has 1 fully saturated rings. The summed E-state index contributed by atoms with van der Waals surface area (Å²) in [6, 6.07) is 8.48. The maximum Gasteiger partial charge on any atom is 0.258 e. The van der Waals surface area contributed by atoms with E-state index in [4.69, 9.17) is 4.99 Å². The van der Waals surface area contributed by atoms with Crippen LogP contribution in [0.1, 0.15) is 32.0 Å². The van der Waals surface area contributed by atoms with E-state index in [1.807, 2.05) is 60.0 Å². The molecule has 2 aromatic rings. The summed E-state index contributed by atoms with van der Waals surface area (Å²) in [7, 11) is 4.06. The molecule has 2 N–H and O–H groups in total. The number of ketones is 1. The van der Waals surface area contributed by atoms with E-state index in [0.29, 0.717) is 16.9 Å². The van der Waals surface area contributed by atoms with Crippen molar-refractivity contribution in [2.75, 3.05) is 25.0 Å². The van der Waals surface area contributed by atoms with Gasteiger partial charge in [-0.15, -0.1) is 0 Å². The van der Waals surface area contributed by atoms with Crippen LogP contribution in [0.3, 0.4) is 0 Å². The number of para-hydroxylation sites is 1. The van der Waals surface area contributed by atoms with E-state index in [-0.39, 0.29) is 29.7 Å². The number of imidazole rings is 1. The highest BCUT2D eigenvalue weighted by Crippen LogP contribution is 2.51. The first-order valence-corrected chi connectivity index (χ1v) is 14.1. The molecule has 6 rings (SSSR count). The lowest BCUT2D eigenvalue weighted by Gasteiger charge is -2.38. The van der Waals surface area contributed by atoms with Crippen LogP contribution in [-0.2, 0) is 23.2 Å². The Kier molecular flexibility index (Phi) is 6.61. The van der Waals surface area contributed by atoms with Gasteiger partial charge in [0.15, 0.2) is 5.78 Å². The molecule has 198 valence electrons. The number of nitrogens with zero attached hydrogens (tertiary/aromatic N) is 5. The van der Waals surface area contributed by atoms with Crippen LogP contribution in [0.25, 0.3) is 0 Å². The average molecular weight is 532 g/mol. The number of aryl methyl sites for hydroxylation is 1. The molecule has 0 spiro atoms. The van der Waals surface area contributed by atoms with Crippen molar-refractivity contribution >= 4 is 35.0 Å². The van der Waals surface area contributed by atoms with Gasteiger partial charge in [-0.1, -0.05) is 37.2 Å². The molecule has 0 bridgehead atoms. The van der Waals surface area contributed by atoms with Crippen molar-refractivity contribution in [1.29, 1.82) is 0 Å². The monoisotopic (exact) mass is 531 g/mol. The van der Waals surface area contributed by atoms with Gasteiger partial charge >= 0.3 is 0 Å². The quantitative estimate of drug-likeness (QED) is 0.554. The molecule has 3 unspecified atom stereocenters. The van der Waals surface area contributed by atoms with Gasteiger partial charge in [-0.25, -0.2) is 9.98 Å². The fourth-order valence-electron chi connectivity index (χ4n) is 5.74. The summed E-state index contributed by atoms with van der Waals surface area (Å²) in [4.78, 5) is 42.2. The van der Waals surface area contributed by atoms with E-state index in [2.05, 4.69) is 27.6 Å². The molecular formula is C28H33N7O2S. The first-order valence-electron chi connectivity index (χ1n) is 13.3. The number of rotatable bonds is 6. The van der Waals surface area contributed by atoms with Crippen LogP contribution in [0.15, 0.2) is 69.0 Å². The second-order valence-corrected chi connectivity index (χ2v) is 11.5. The van der Waals surface area contributed by atoms with E-state index in [1.165, 1.54) is 31.0 Å². The zero-order chi connectivity index (χ0) is 26.4. The topological polar surface area (TPSA) is 94.9 Å². The molecule has 1 saturated heterocycles. The van der Waals surface area contributed by atoms with Crippen molar-refractivity contribution in [2.24, 2.45) is 23.9 Å². The number of aromatic nitrogens is 2. The number of amides is 1. The molecule has 38 heavy (non-hydrogen) atoms. The number of amidine groups is 1. The number of aliphatic imine (C=N–C) groups is 1. The summed E-state index contributed by atoms with van der Waals surface area (Å²) in [6.45, 7) is 4.22. The molecular weight excluding hydrogens is 498 g/mol. The number of benzene rings is 1. The van der Waals surface area contributed by atoms with Crippen LogP contribution in [0.5, 0.6) is 0 Å². The third kappa shape index (κ3) is 4.35. The highest BCUT2D eigenvalue weighted by atomic mass is 32.2. The second-order valence-electron chi connectivity index (χ2n) is 10.5. The van der Waals surface area contributed by atoms with Crippen molar-refractivity contribution < 1.29 is 9.59 Å². The fourth-order valence-corrected chi connectivity index (χ4v) is 6.94. The van der Waals surface area contributed by atoms with Gasteiger partial charge in [0, 0.05) is 36.9 Å². The van der Waals surface area contributed by atoms with E-state index < -0.39 is 5.92 Å². The fraction of sp³-hybridized carbons (Fsp3) is 0.429. The molecule has 4 aliphatic heterocycles. The van der Waals surface area contributed by atoms with Gasteiger partial charge < -0.3 is 20.1 Å². The number of allylic oxidation sites excluding steroid dienone is 1. The van der Waals surface area contributed by atoms with Crippen LogP contribution < -0.4 is 15.5 Å². The predicted molar refractivity (Wildman–Crippen MR) is 148 cm³/mol. The minimum Gasteiger partial charge on any atom is -0.369 e. The number of thioether (sulfide) groups is 1. The smallest absolute Gasteiger partial charge is 0.258 e. The molecule has 5 heterocycles. The van der Waals surface area contributed by atoms with Crippen molar-refractivity contribution in [3.05, 3.63) is 65.0 Å². The number of likely N-dealkylation sites (N-methyl/N-ethyl adjacent to an activating group) is 1. The van der Waals surface area contributed by atoms with Gasteiger partial charge in [-0.05, 0) is 50.6 Å². The number of carbonyl (C=O) groups is 2. The SMILES string of the molecule is CC1C=C(NCC2CCCCN2C)N=C2C1C(=O)C(C(=O)NCc1nccn1C)=C1Sc3ccccc3N21. The van der Waals surface area contributed by atoms with Gasteiger partial charge in [0.25, 0.3) is 5.91 Å². The molecule has 1 amide bonds. The number of nitrogens with one attached hydrogen (secondary N) is 2. The number of hydrogen-bond acceptors (Lipinski definition) is 8. The summed E-state index contributed by atoms with van der Waals surface area (Å²) in [6.07, 6.45) is 9.23. The average Bonchev–Trinajstić information content (AvgIpc) is 3.49. The lowest BCUT2D eigenvalue weighted by atomic mass is 9.81. The lowest BCUT2D eigenvalue weighted by molar-refractivity contribution is -0.124. The molecule has 3 atom stereocenters. The first-order chi connectivity index (χ1) is 18.4. The van der Waals surface area contributed by atoms with E-state index >= 15 is 0 Å². The highest BCUT2D eigenvalue weighted by molar-refractivity contribution is 8.04. The van der Waals surface area contributed by atoms with Gasteiger partial charge in [0.2, 0.25) is 0 Å². The Labute approximate surface area is 227 Å². The highest BCUT2D eigenvalue weighted by Gasteiger charge is 2.49. The predicted octanol–water partition coefficient (Wildman–Crippen LogP) is 3.02. The molecule has 1 aromatic heterocycles. The Morgan fingerprint density at radius 1 is 1.21 bits per heavy atom. The van der Waals surface area contributed by atoms with Crippen LogP contribution in [0.2, 0.25) is 0 Å². The van der Waals surface area contributed by atoms with Crippen LogP contribution in [0, 0.1) is 11.8 Å². The Bertz CT molecular complexity index is 1380. The summed E-state index contributed by atoms with van der Waals surface area (Å²) >= 11 is 1.46. The van der Waals surface area contributed by atoms with Crippen molar-refractivity contribution in [3.63, 3.8) is 0 Å². The molecule has 0 saturated carbocycles.